The second-order valence-corrected chi connectivity index (χ2v) is 6.11. The van der Waals surface area contributed by atoms with Gasteiger partial charge in [0.2, 0.25) is 15.9 Å². The van der Waals surface area contributed by atoms with E-state index < -0.39 is 34.5 Å². The minimum Gasteiger partial charge on any atom is -0.480 e. The first-order valence-electron chi connectivity index (χ1n) is 5.75. The number of aliphatic carboxylic acids is 1. The second-order valence-electron chi connectivity index (χ2n) is 4.19. The monoisotopic (exact) mass is 296 g/mol. The van der Waals surface area contributed by atoms with E-state index in [2.05, 4.69) is 10.0 Å². The summed E-state index contributed by atoms with van der Waals surface area (Å²) in [5, 5.41) is 10.7. The van der Waals surface area contributed by atoms with E-state index in [-0.39, 0.29) is 18.5 Å². The summed E-state index contributed by atoms with van der Waals surface area (Å²) in [6.45, 7) is 4.37. The maximum atomic E-state index is 11.4. The molecule has 0 aromatic carbocycles. The van der Waals surface area contributed by atoms with Crippen LogP contribution in [0.1, 0.15) is 20.8 Å². The van der Waals surface area contributed by atoms with E-state index in [1.807, 2.05) is 0 Å². The Morgan fingerprint density at radius 3 is 2.32 bits per heavy atom. The Labute approximate surface area is 112 Å². The van der Waals surface area contributed by atoms with E-state index in [4.69, 9.17) is 9.84 Å². The lowest BCUT2D eigenvalue weighted by Crippen LogP contribution is -2.44. The van der Waals surface area contributed by atoms with Crippen LogP contribution < -0.4 is 10.0 Å². The van der Waals surface area contributed by atoms with Crippen molar-refractivity contribution in [2.45, 2.75) is 32.9 Å². The van der Waals surface area contributed by atoms with E-state index in [0.717, 1.165) is 0 Å². The minimum absolute atomic E-state index is 0.0279. The average molecular weight is 296 g/mol. The third-order valence-electron chi connectivity index (χ3n) is 2.00. The fourth-order valence-electron chi connectivity index (χ4n) is 0.995. The van der Waals surface area contributed by atoms with Crippen LogP contribution in [0.4, 0.5) is 0 Å². The summed E-state index contributed by atoms with van der Waals surface area (Å²) in [7, 11) is -3.61. The molecule has 8 nitrogen and oxygen atoms in total. The van der Waals surface area contributed by atoms with Crippen molar-refractivity contribution in [3.05, 3.63) is 0 Å². The molecule has 0 unspecified atom stereocenters. The Morgan fingerprint density at radius 1 is 1.26 bits per heavy atom. The number of carboxylic acids is 1. The Hall–Kier alpha value is -1.19. The van der Waals surface area contributed by atoms with Gasteiger partial charge in [0.05, 0.1) is 25.0 Å². The largest absolute Gasteiger partial charge is 0.480 e. The van der Waals surface area contributed by atoms with Crippen LogP contribution in [-0.4, -0.2) is 56.5 Å². The van der Waals surface area contributed by atoms with Crippen LogP contribution in [0.2, 0.25) is 0 Å². The molecule has 0 aromatic rings. The van der Waals surface area contributed by atoms with Gasteiger partial charge in [0.15, 0.2) is 0 Å². The summed E-state index contributed by atoms with van der Waals surface area (Å²) in [6, 6.07) is -1.07. The number of nitrogens with one attached hydrogen (secondary N) is 2. The third-order valence-corrected chi connectivity index (χ3v) is 3.29. The molecule has 0 saturated heterocycles. The van der Waals surface area contributed by atoms with E-state index in [0.29, 0.717) is 0 Å². The van der Waals surface area contributed by atoms with Crippen LogP contribution >= 0.6 is 0 Å². The predicted octanol–water partition coefficient (Wildman–Crippen LogP) is -1.08. The Balaban J connectivity index is 4.03. The van der Waals surface area contributed by atoms with Gasteiger partial charge in [-0.1, -0.05) is 0 Å². The van der Waals surface area contributed by atoms with Crippen LogP contribution in [-0.2, 0) is 24.3 Å². The van der Waals surface area contributed by atoms with Gasteiger partial charge in [0.1, 0.15) is 6.04 Å². The average Bonchev–Trinajstić information content (AvgIpc) is 2.25. The number of sulfonamides is 1. The molecule has 0 spiro atoms. The maximum Gasteiger partial charge on any atom is 0.325 e. The van der Waals surface area contributed by atoms with Crippen LogP contribution in [0.3, 0.4) is 0 Å². The molecule has 0 saturated carbocycles. The quantitative estimate of drug-likeness (QED) is 0.497. The lowest BCUT2D eigenvalue weighted by Gasteiger charge is -2.11. The highest BCUT2D eigenvalue weighted by Crippen LogP contribution is 1.91. The fourth-order valence-corrected chi connectivity index (χ4v) is 1.81. The summed E-state index contributed by atoms with van der Waals surface area (Å²) < 4.78 is 30.0. The molecule has 0 fully saturated rings. The van der Waals surface area contributed by atoms with Gasteiger partial charge in [0, 0.05) is 0 Å². The van der Waals surface area contributed by atoms with Crippen LogP contribution in [0.5, 0.6) is 0 Å². The van der Waals surface area contributed by atoms with Crippen molar-refractivity contribution < 1.29 is 27.9 Å². The highest BCUT2D eigenvalue weighted by atomic mass is 32.2. The van der Waals surface area contributed by atoms with Gasteiger partial charge in [0.25, 0.3) is 0 Å². The lowest BCUT2D eigenvalue weighted by atomic mass is 10.3. The van der Waals surface area contributed by atoms with Gasteiger partial charge >= 0.3 is 5.97 Å². The van der Waals surface area contributed by atoms with E-state index >= 15 is 0 Å². The van der Waals surface area contributed by atoms with Crippen molar-refractivity contribution >= 4 is 21.9 Å². The molecule has 0 aliphatic heterocycles. The Morgan fingerprint density at radius 2 is 1.84 bits per heavy atom. The number of amides is 1. The summed E-state index contributed by atoms with van der Waals surface area (Å²) in [4.78, 5) is 21.7. The van der Waals surface area contributed by atoms with Crippen molar-refractivity contribution in [2.24, 2.45) is 0 Å². The third kappa shape index (κ3) is 9.40. The van der Waals surface area contributed by atoms with E-state index in [1.165, 1.54) is 6.92 Å². The molecular formula is C10H20N2O6S. The first-order chi connectivity index (χ1) is 8.64. The normalized spacial score (nSPS) is 13.3. The lowest BCUT2D eigenvalue weighted by molar-refractivity contribution is -0.141. The number of hydrogen-bond acceptors (Lipinski definition) is 5. The molecule has 112 valence electrons. The Kier molecular flexibility index (Phi) is 7.57. The van der Waals surface area contributed by atoms with Crippen molar-refractivity contribution in [1.29, 1.82) is 0 Å². The summed E-state index contributed by atoms with van der Waals surface area (Å²) in [6.07, 6.45) is -0.0742. The van der Waals surface area contributed by atoms with Crippen LogP contribution in [0, 0.1) is 0 Å². The van der Waals surface area contributed by atoms with Crippen molar-refractivity contribution in [3.8, 4) is 0 Å². The molecule has 0 aromatic heterocycles. The summed E-state index contributed by atoms with van der Waals surface area (Å²) in [5.74, 6) is -2.16. The molecule has 3 N–H and O–H groups in total. The van der Waals surface area contributed by atoms with Crippen LogP contribution in [0.15, 0.2) is 0 Å². The topological polar surface area (TPSA) is 122 Å². The molecule has 0 rings (SSSR count). The SMILES string of the molecule is CC(C)OCCS(=O)(=O)NCC(=O)N[C@@H](C)C(=O)O. The van der Waals surface area contributed by atoms with Gasteiger partial charge < -0.3 is 15.2 Å². The summed E-state index contributed by atoms with van der Waals surface area (Å²) >= 11 is 0. The summed E-state index contributed by atoms with van der Waals surface area (Å²) in [5.41, 5.74) is 0. The molecule has 0 aliphatic rings. The molecule has 19 heavy (non-hydrogen) atoms. The molecule has 0 heterocycles. The zero-order chi connectivity index (χ0) is 15.1. The van der Waals surface area contributed by atoms with E-state index in [9.17, 15) is 18.0 Å². The van der Waals surface area contributed by atoms with Gasteiger partial charge in [-0.05, 0) is 20.8 Å². The van der Waals surface area contributed by atoms with Gasteiger partial charge in [-0.15, -0.1) is 0 Å². The minimum atomic E-state index is -3.61. The van der Waals surface area contributed by atoms with Gasteiger partial charge in [-0.3, -0.25) is 9.59 Å². The maximum absolute atomic E-state index is 11.4. The van der Waals surface area contributed by atoms with Crippen LogP contribution in [0.25, 0.3) is 0 Å². The zero-order valence-corrected chi connectivity index (χ0v) is 12.0. The highest BCUT2D eigenvalue weighted by molar-refractivity contribution is 7.89. The molecular weight excluding hydrogens is 276 g/mol. The molecule has 9 heteroatoms. The molecule has 0 aliphatic carbocycles. The van der Waals surface area contributed by atoms with Crippen molar-refractivity contribution in [1.82, 2.24) is 10.0 Å². The predicted molar refractivity (Wildman–Crippen MR) is 68.1 cm³/mol. The number of carboxylic acid groups (broad SMARTS) is 1. The smallest absolute Gasteiger partial charge is 0.325 e. The molecule has 0 bridgehead atoms. The Bertz CT molecular complexity index is 406. The zero-order valence-electron chi connectivity index (χ0n) is 11.2. The number of hydrogen-bond donors (Lipinski definition) is 3. The molecule has 1 amide bonds. The number of rotatable bonds is 9. The first-order valence-corrected chi connectivity index (χ1v) is 7.40. The molecule has 0 radical (unpaired) electrons. The van der Waals surface area contributed by atoms with Gasteiger partial charge in [-0.2, -0.15) is 0 Å². The first kappa shape index (κ1) is 17.8. The highest BCUT2D eigenvalue weighted by Gasteiger charge is 2.16. The fraction of sp³-hybridized carbons (Fsp3) is 0.800. The number of carbonyl (C=O) groups is 2. The van der Waals surface area contributed by atoms with Crippen molar-refractivity contribution in [2.75, 3.05) is 18.9 Å². The second kappa shape index (κ2) is 8.08. The number of carbonyl (C=O) groups excluding carboxylic acids is 1. The standard InChI is InChI=1S/C10H20N2O6S/c1-7(2)18-4-5-19(16,17)11-6-9(13)12-8(3)10(14)15/h7-8,11H,4-6H2,1-3H3,(H,12,13)(H,14,15)/t8-/m0/s1. The van der Waals surface area contributed by atoms with Gasteiger partial charge in [-0.25, -0.2) is 13.1 Å². The number of ether oxygens (including phenoxy) is 1. The van der Waals surface area contributed by atoms with E-state index in [1.54, 1.807) is 13.8 Å². The molecule has 1 atom stereocenters. The van der Waals surface area contributed by atoms with Crippen molar-refractivity contribution in [3.63, 3.8) is 0 Å².